The van der Waals surface area contributed by atoms with Crippen LogP contribution in [0.1, 0.15) is 30.5 Å². The summed E-state index contributed by atoms with van der Waals surface area (Å²) in [5.41, 5.74) is 2.20. The van der Waals surface area contributed by atoms with Gasteiger partial charge in [-0.1, -0.05) is 0 Å². The maximum atomic E-state index is 11.2. The van der Waals surface area contributed by atoms with Crippen molar-refractivity contribution in [3.05, 3.63) is 23.3 Å². The lowest BCUT2D eigenvalue weighted by atomic mass is 9.97. The standard InChI is InChI=1S/C13H17NO3/c1-8-4-12-13(17-7-16-12)6-10(8)11(14-3)5-9(2)15/h4,6,11,14H,5,7H2,1-3H3. The molecule has 0 aliphatic carbocycles. The Bertz CT molecular complexity index is 443. The lowest BCUT2D eigenvalue weighted by Crippen LogP contribution is -2.19. The molecule has 1 aromatic carbocycles. The number of benzene rings is 1. The number of carbonyl (C=O) groups excluding carboxylic acids is 1. The van der Waals surface area contributed by atoms with E-state index in [-0.39, 0.29) is 18.6 Å². The summed E-state index contributed by atoms with van der Waals surface area (Å²) in [6.45, 7) is 3.89. The van der Waals surface area contributed by atoms with Crippen molar-refractivity contribution in [2.75, 3.05) is 13.8 Å². The largest absolute Gasteiger partial charge is 0.454 e. The molecule has 0 radical (unpaired) electrons. The van der Waals surface area contributed by atoms with Crippen molar-refractivity contribution in [1.29, 1.82) is 0 Å². The number of carbonyl (C=O) groups is 1. The van der Waals surface area contributed by atoms with E-state index in [1.54, 1.807) is 6.92 Å². The number of ketones is 1. The number of fused-ring (bicyclic) bond motifs is 1. The van der Waals surface area contributed by atoms with E-state index in [1.165, 1.54) is 0 Å². The predicted molar refractivity (Wildman–Crippen MR) is 64.4 cm³/mol. The van der Waals surface area contributed by atoms with E-state index in [1.807, 2.05) is 26.1 Å². The fraction of sp³-hybridized carbons (Fsp3) is 0.462. The van der Waals surface area contributed by atoms with Crippen LogP contribution in [0.2, 0.25) is 0 Å². The Balaban J connectivity index is 2.33. The summed E-state index contributed by atoms with van der Waals surface area (Å²) in [6, 6.07) is 3.95. The van der Waals surface area contributed by atoms with Crippen LogP contribution in [0.25, 0.3) is 0 Å². The minimum atomic E-state index is 0.0296. The maximum absolute atomic E-state index is 11.2. The van der Waals surface area contributed by atoms with Gasteiger partial charge in [0.2, 0.25) is 6.79 Å². The molecule has 92 valence electrons. The van der Waals surface area contributed by atoms with Crippen LogP contribution in [0.3, 0.4) is 0 Å². The summed E-state index contributed by atoms with van der Waals surface area (Å²) in [4.78, 5) is 11.2. The lowest BCUT2D eigenvalue weighted by Gasteiger charge is -2.18. The molecule has 0 saturated carbocycles. The highest BCUT2D eigenvalue weighted by Crippen LogP contribution is 2.37. The average molecular weight is 235 g/mol. The molecule has 2 rings (SSSR count). The van der Waals surface area contributed by atoms with Crippen LogP contribution in [0, 0.1) is 6.92 Å². The summed E-state index contributed by atoms with van der Waals surface area (Å²) < 4.78 is 10.7. The molecule has 0 amide bonds. The summed E-state index contributed by atoms with van der Waals surface area (Å²) in [5, 5.41) is 3.16. The second kappa shape index (κ2) is 4.75. The summed E-state index contributed by atoms with van der Waals surface area (Å²) in [6.07, 6.45) is 0.483. The number of nitrogens with one attached hydrogen (secondary N) is 1. The van der Waals surface area contributed by atoms with Crippen LogP contribution in [-0.2, 0) is 4.79 Å². The predicted octanol–water partition coefficient (Wildman–Crippen LogP) is 1.96. The first kappa shape index (κ1) is 11.9. The van der Waals surface area contributed by atoms with Crippen LogP contribution >= 0.6 is 0 Å². The number of hydrogen-bond donors (Lipinski definition) is 1. The highest BCUT2D eigenvalue weighted by molar-refractivity contribution is 5.76. The van der Waals surface area contributed by atoms with Gasteiger partial charge in [0.25, 0.3) is 0 Å². The van der Waals surface area contributed by atoms with Gasteiger partial charge < -0.3 is 14.8 Å². The molecule has 0 bridgehead atoms. The second-order valence-electron chi connectivity index (χ2n) is 4.31. The van der Waals surface area contributed by atoms with Gasteiger partial charge in [-0.25, -0.2) is 0 Å². The van der Waals surface area contributed by atoms with E-state index in [0.717, 1.165) is 22.6 Å². The molecule has 0 saturated heterocycles. The minimum absolute atomic E-state index is 0.0296. The smallest absolute Gasteiger partial charge is 0.231 e. The van der Waals surface area contributed by atoms with Gasteiger partial charge in [-0.15, -0.1) is 0 Å². The molecule has 17 heavy (non-hydrogen) atoms. The highest BCUT2D eigenvalue weighted by Gasteiger charge is 2.20. The quantitative estimate of drug-likeness (QED) is 0.866. The van der Waals surface area contributed by atoms with E-state index >= 15 is 0 Å². The van der Waals surface area contributed by atoms with Crippen molar-refractivity contribution in [1.82, 2.24) is 5.32 Å². The molecular weight excluding hydrogens is 218 g/mol. The lowest BCUT2D eigenvalue weighted by molar-refractivity contribution is -0.117. The zero-order chi connectivity index (χ0) is 12.4. The molecule has 0 aromatic heterocycles. The molecule has 1 N–H and O–H groups in total. The zero-order valence-electron chi connectivity index (χ0n) is 10.4. The topological polar surface area (TPSA) is 47.6 Å². The molecular formula is C13H17NO3. The summed E-state index contributed by atoms with van der Waals surface area (Å²) in [5.74, 6) is 1.71. The molecule has 1 unspecified atom stereocenters. The fourth-order valence-corrected chi connectivity index (χ4v) is 2.09. The first-order valence-electron chi connectivity index (χ1n) is 5.68. The maximum Gasteiger partial charge on any atom is 0.231 e. The van der Waals surface area contributed by atoms with Crippen LogP contribution in [0.5, 0.6) is 11.5 Å². The van der Waals surface area contributed by atoms with E-state index in [4.69, 9.17) is 9.47 Å². The summed E-state index contributed by atoms with van der Waals surface area (Å²) in [7, 11) is 1.86. The first-order chi connectivity index (χ1) is 8.11. The molecule has 1 aliphatic heterocycles. The Morgan fingerprint density at radius 2 is 2.06 bits per heavy atom. The molecule has 4 heteroatoms. The number of hydrogen-bond acceptors (Lipinski definition) is 4. The van der Waals surface area contributed by atoms with Crippen molar-refractivity contribution in [3.8, 4) is 11.5 Å². The third kappa shape index (κ3) is 2.42. The van der Waals surface area contributed by atoms with Crippen molar-refractivity contribution >= 4 is 5.78 Å². The Hall–Kier alpha value is -1.55. The van der Waals surface area contributed by atoms with Gasteiger partial charge in [-0.3, -0.25) is 4.79 Å². The number of Topliss-reactive ketones (excluding diaryl/α,β-unsaturated/α-hetero) is 1. The van der Waals surface area contributed by atoms with E-state index in [2.05, 4.69) is 5.32 Å². The molecule has 0 fully saturated rings. The van der Waals surface area contributed by atoms with E-state index in [0.29, 0.717) is 6.42 Å². The molecule has 1 atom stereocenters. The van der Waals surface area contributed by atoms with Gasteiger partial charge in [0.05, 0.1) is 0 Å². The van der Waals surface area contributed by atoms with Crippen LogP contribution in [0.15, 0.2) is 12.1 Å². The number of ether oxygens (including phenoxy) is 2. The third-order valence-corrected chi connectivity index (χ3v) is 2.98. The third-order valence-electron chi connectivity index (χ3n) is 2.98. The van der Waals surface area contributed by atoms with Crippen molar-refractivity contribution in [2.24, 2.45) is 0 Å². The second-order valence-corrected chi connectivity index (χ2v) is 4.31. The molecule has 4 nitrogen and oxygen atoms in total. The average Bonchev–Trinajstić information content (AvgIpc) is 2.71. The Kier molecular flexibility index (Phi) is 3.33. The SMILES string of the molecule is CNC(CC(C)=O)c1cc2c(cc1C)OCO2. The van der Waals surface area contributed by atoms with Crippen LogP contribution in [-0.4, -0.2) is 19.6 Å². The number of rotatable bonds is 4. The number of aryl methyl sites for hydroxylation is 1. The normalized spacial score (nSPS) is 14.8. The molecule has 1 aliphatic rings. The molecule has 0 spiro atoms. The van der Waals surface area contributed by atoms with Crippen molar-refractivity contribution in [2.45, 2.75) is 26.3 Å². The van der Waals surface area contributed by atoms with Gasteiger partial charge in [0, 0.05) is 12.5 Å². The van der Waals surface area contributed by atoms with Crippen LogP contribution in [0.4, 0.5) is 0 Å². The van der Waals surface area contributed by atoms with Crippen molar-refractivity contribution < 1.29 is 14.3 Å². The highest BCUT2D eigenvalue weighted by atomic mass is 16.7. The van der Waals surface area contributed by atoms with Gasteiger partial charge in [0.15, 0.2) is 11.5 Å². The van der Waals surface area contributed by atoms with Crippen LogP contribution < -0.4 is 14.8 Å². The van der Waals surface area contributed by atoms with Crippen molar-refractivity contribution in [3.63, 3.8) is 0 Å². The minimum Gasteiger partial charge on any atom is -0.454 e. The van der Waals surface area contributed by atoms with E-state index in [9.17, 15) is 4.79 Å². The Labute approximate surface area is 101 Å². The fourth-order valence-electron chi connectivity index (χ4n) is 2.09. The first-order valence-corrected chi connectivity index (χ1v) is 5.68. The monoisotopic (exact) mass is 235 g/mol. The summed E-state index contributed by atoms with van der Waals surface area (Å²) >= 11 is 0. The van der Waals surface area contributed by atoms with E-state index < -0.39 is 0 Å². The Morgan fingerprint density at radius 3 is 2.65 bits per heavy atom. The zero-order valence-corrected chi connectivity index (χ0v) is 10.4. The van der Waals surface area contributed by atoms with Gasteiger partial charge in [0.1, 0.15) is 5.78 Å². The molecule has 1 aromatic rings. The molecule has 1 heterocycles. The van der Waals surface area contributed by atoms with Gasteiger partial charge in [-0.2, -0.15) is 0 Å². The van der Waals surface area contributed by atoms with Gasteiger partial charge in [-0.05, 0) is 44.2 Å². The van der Waals surface area contributed by atoms with Gasteiger partial charge >= 0.3 is 0 Å². The Morgan fingerprint density at radius 1 is 1.41 bits per heavy atom.